The lowest BCUT2D eigenvalue weighted by Gasteiger charge is -2.26. The molecule has 0 N–H and O–H groups in total. The predicted molar refractivity (Wildman–Crippen MR) is 147 cm³/mol. The van der Waals surface area contributed by atoms with Crippen LogP contribution in [-0.2, 0) is 0 Å². The molecule has 1 amide bonds. The monoisotopic (exact) mass is 525 g/mol. The van der Waals surface area contributed by atoms with Crippen molar-refractivity contribution in [1.29, 1.82) is 0 Å². The van der Waals surface area contributed by atoms with Crippen molar-refractivity contribution < 1.29 is 18.7 Å². The molecule has 2 heterocycles. The Hall–Kier alpha value is -2.99. The van der Waals surface area contributed by atoms with E-state index in [4.69, 9.17) is 25.5 Å². The third kappa shape index (κ3) is 5.49. The molecule has 0 saturated carbocycles. The summed E-state index contributed by atoms with van der Waals surface area (Å²) < 4.78 is 18.0. The highest BCUT2D eigenvalue weighted by molar-refractivity contribution is 6.32. The van der Waals surface area contributed by atoms with E-state index in [0.717, 1.165) is 36.8 Å². The van der Waals surface area contributed by atoms with Gasteiger partial charge in [0, 0.05) is 11.6 Å². The van der Waals surface area contributed by atoms with Gasteiger partial charge in [0.1, 0.15) is 5.58 Å². The molecule has 4 rings (SSSR count). The molecular formula is C30H36ClNO5. The Morgan fingerprint density at radius 2 is 1.84 bits per heavy atom. The van der Waals surface area contributed by atoms with Gasteiger partial charge in [0.05, 0.1) is 30.2 Å². The van der Waals surface area contributed by atoms with Crippen LogP contribution in [0.4, 0.5) is 0 Å². The highest BCUT2D eigenvalue weighted by Gasteiger charge is 2.42. The van der Waals surface area contributed by atoms with Crippen molar-refractivity contribution in [3.05, 3.63) is 68.0 Å². The molecule has 0 fully saturated rings. The number of benzene rings is 2. The molecule has 1 atom stereocenters. The van der Waals surface area contributed by atoms with Crippen LogP contribution in [0.5, 0.6) is 11.5 Å². The number of carbonyl (C=O) groups is 1. The molecule has 1 aromatic heterocycles. The fourth-order valence-electron chi connectivity index (χ4n) is 4.74. The first-order valence-corrected chi connectivity index (χ1v) is 13.6. The van der Waals surface area contributed by atoms with E-state index < -0.39 is 6.04 Å². The number of fused-ring (bicyclic) bond motifs is 2. The van der Waals surface area contributed by atoms with Crippen molar-refractivity contribution in [2.24, 2.45) is 5.92 Å². The van der Waals surface area contributed by atoms with E-state index >= 15 is 0 Å². The first kappa shape index (κ1) is 27.1. The van der Waals surface area contributed by atoms with Gasteiger partial charge in [-0.25, -0.2) is 0 Å². The number of halogens is 1. The summed E-state index contributed by atoms with van der Waals surface area (Å²) in [6, 6.07) is 8.45. The van der Waals surface area contributed by atoms with E-state index in [1.54, 1.807) is 17.0 Å². The Morgan fingerprint density at radius 1 is 1.05 bits per heavy atom. The molecular weight excluding hydrogens is 490 g/mol. The maximum atomic E-state index is 13.8. The average molecular weight is 526 g/mol. The number of aryl methyl sites for hydroxylation is 1. The maximum absolute atomic E-state index is 13.8. The summed E-state index contributed by atoms with van der Waals surface area (Å²) in [5.74, 6) is 1.62. The minimum absolute atomic E-state index is 0.107. The summed E-state index contributed by atoms with van der Waals surface area (Å²) in [4.78, 5) is 29.2. The van der Waals surface area contributed by atoms with Gasteiger partial charge in [0.2, 0.25) is 5.76 Å². The van der Waals surface area contributed by atoms with Gasteiger partial charge in [-0.3, -0.25) is 9.59 Å². The van der Waals surface area contributed by atoms with Crippen molar-refractivity contribution in [1.82, 2.24) is 4.90 Å². The van der Waals surface area contributed by atoms with Crippen molar-refractivity contribution >= 4 is 28.5 Å². The molecule has 0 radical (unpaired) electrons. The molecule has 1 unspecified atom stereocenters. The van der Waals surface area contributed by atoms with Crippen LogP contribution in [0.1, 0.15) is 86.7 Å². The SMILES string of the molecule is CCCCCN1C(=O)c2oc3cc(C)c(Cl)cc3c(=O)c2C1c1ccc(OCCC(C)C)c(OCC)c1. The second-order valence-electron chi connectivity index (χ2n) is 10.0. The molecule has 0 spiro atoms. The number of hydrogen-bond donors (Lipinski definition) is 0. The molecule has 2 aromatic carbocycles. The molecule has 7 heteroatoms. The van der Waals surface area contributed by atoms with Gasteiger partial charge >= 0.3 is 0 Å². The first-order valence-electron chi connectivity index (χ1n) is 13.2. The Morgan fingerprint density at radius 3 is 2.54 bits per heavy atom. The lowest BCUT2D eigenvalue weighted by Crippen LogP contribution is -2.30. The predicted octanol–water partition coefficient (Wildman–Crippen LogP) is 7.31. The van der Waals surface area contributed by atoms with E-state index in [9.17, 15) is 9.59 Å². The normalized spacial score (nSPS) is 15.1. The van der Waals surface area contributed by atoms with Crippen LogP contribution in [0.25, 0.3) is 11.0 Å². The van der Waals surface area contributed by atoms with Crippen LogP contribution < -0.4 is 14.9 Å². The Bertz CT molecular complexity index is 1350. The van der Waals surface area contributed by atoms with Crippen molar-refractivity contribution in [3.63, 3.8) is 0 Å². The number of carbonyl (C=O) groups excluding carboxylic acids is 1. The third-order valence-electron chi connectivity index (χ3n) is 6.79. The summed E-state index contributed by atoms with van der Waals surface area (Å²) >= 11 is 6.35. The van der Waals surface area contributed by atoms with Crippen LogP contribution in [0, 0.1) is 12.8 Å². The van der Waals surface area contributed by atoms with Gasteiger partial charge in [-0.2, -0.15) is 0 Å². The highest BCUT2D eigenvalue weighted by Crippen LogP contribution is 2.41. The smallest absolute Gasteiger partial charge is 0.290 e. The third-order valence-corrected chi connectivity index (χ3v) is 7.19. The Labute approximate surface area is 223 Å². The molecule has 0 saturated heterocycles. The molecule has 3 aromatic rings. The lowest BCUT2D eigenvalue weighted by molar-refractivity contribution is 0.0724. The van der Waals surface area contributed by atoms with E-state index in [1.165, 1.54) is 0 Å². The molecule has 198 valence electrons. The number of unbranched alkanes of at least 4 members (excludes halogenated alkanes) is 2. The van der Waals surface area contributed by atoms with Crippen molar-refractivity contribution in [3.8, 4) is 11.5 Å². The van der Waals surface area contributed by atoms with Crippen molar-refractivity contribution in [2.75, 3.05) is 19.8 Å². The first-order chi connectivity index (χ1) is 17.8. The van der Waals surface area contributed by atoms with Crippen LogP contribution in [0.3, 0.4) is 0 Å². The molecule has 6 nitrogen and oxygen atoms in total. The van der Waals surface area contributed by atoms with E-state index in [1.807, 2.05) is 32.0 Å². The number of rotatable bonds is 11. The molecule has 0 aliphatic carbocycles. The highest BCUT2D eigenvalue weighted by atomic mass is 35.5. The van der Waals surface area contributed by atoms with E-state index in [0.29, 0.717) is 58.7 Å². The Balaban J connectivity index is 1.84. The summed E-state index contributed by atoms with van der Waals surface area (Å²) in [7, 11) is 0. The van der Waals surface area contributed by atoms with Crippen molar-refractivity contribution in [2.45, 2.75) is 66.3 Å². The van der Waals surface area contributed by atoms with Gasteiger partial charge in [-0.05, 0) is 68.0 Å². The summed E-state index contributed by atoms with van der Waals surface area (Å²) in [5.41, 5.74) is 2.06. The largest absolute Gasteiger partial charge is 0.490 e. The second kappa shape index (κ2) is 11.6. The van der Waals surface area contributed by atoms with Crippen LogP contribution >= 0.6 is 11.6 Å². The zero-order valence-electron chi connectivity index (χ0n) is 22.4. The standard InChI is InChI=1S/C30H36ClNO5/c1-6-8-9-13-32-27(20-10-11-23(25(16-20)35-7-2)36-14-12-18(3)4)26-28(33)21-17-22(31)19(5)15-24(21)37-29(26)30(32)34/h10-11,15-18,27H,6-9,12-14H2,1-5H3. The number of amides is 1. The molecule has 0 bridgehead atoms. The van der Waals surface area contributed by atoms with Gasteiger partial charge in [-0.15, -0.1) is 0 Å². The minimum Gasteiger partial charge on any atom is -0.490 e. The number of ether oxygens (including phenoxy) is 2. The van der Waals surface area contributed by atoms with Gasteiger partial charge in [0.15, 0.2) is 16.9 Å². The van der Waals surface area contributed by atoms with E-state index in [2.05, 4.69) is 20.8 Å². The van der Waals surface area contributed by atoms with Gasteiger partial charge in [-0.1, -0.05) is 51.3 Å². The van der Waals surface area contributed by atoms with E-state index in [-0.39, 0.29) is 17.1 Å². The van der Waals surface area contributed by atoms with Crippen LogP contribution in [0.2, 0.25) is 5.02 Å². The van der Waals surface area contributed by atoms with Gasteiger partial charge < -0.3 is 18.8 Å². The summed E-state index contributed by atoms with van der Waals surface area (Å²) in [6.07, 6.45) is 3.77. The molecule has 37 heavy (non-hydrogen) atoms. The van der Waals surface area contributed by atoms with Gasteiger partial charge in [0.25, 0.3) is 5.91 Å². The zero-order valence-corrected chi connectivity index (χ0v) is 23.1. The molecule has 1 aliphatic rings. The number of hydrogen-bond acceptors (Lipinski definition) is 5. The fraction of sp³-hybridized carbons (Fsp3) is 0.467. The van der Waals surface area contributed by atoms with Crippen LogP contribution in [-0.4, -0.2) is 30.6 Å². The zero-order chi connectivity index (χ0) is 26.7. The average Bonchev–Trinajstić information content (AvgIpc) is 3.13. The molecule has 1 aliphatic heterocycles. The van der Waals surface area contributed by atoms with Crippen LogP contribution in [0.15, 0.2) is 39.5 Å². The summed E-state index contributed by atoms with van der Waals surface area (Å²) in [6.45, 7) is 11.8. The topological polar surface area (TPSA) is 69.0 Å². The fourth-order valence-corrected chi connectivity index (χ4v) is 4.90. The number of nitrogens with zero attached hydrogens (tertiary/aromatic N) is 1. The quantitative estimate of drug-likeness (QED) is 0.245. The summed E-state index contributed by atoms with van der Waals surface area (Å²) in [5, 5.41) is 0.864. The minimum atomic E-state index is -0.580. The Kier molecular flexibility index (Phi) is 8.48. The second-order valence-corrected chi connectivity index (χ2v) is 10.5. The lowest BCUT2D eigenvalue weighted by atomic mass is 9.97. The maximum Gasteiger partial charge on any atom is 0.290 e.